The summed E-state index contributed by atoms with van der Waals surface area (Å²) in [4.78, 5) is 2.68. The average molecular weight is 286 g/mol. The number of nitrogens with one attached hydrogen (secondary N) is 1. The summed E-state index contributed by atoms with van der Waals surface area (Å²) in [5.74, 6) is 0.841. The van der Waals surface area contributed by atoms with Crippen molar-refractivity contribution in [2.45, 2.75) is 57.5 Å². The van der Waals surface area contributed by atoms with E-state index in [-0.39, 0.29) is 0 Å². The van der Waals surface area contributed by atoms with Crippen LogP contribution < -0.4 is 5.32 Å². The van der Waals surface area contributed by atoms with Gasteiger partial charge in [0.25, 0.3) is 0 Å². The Morgan fingerprint density at radius 3 is 2.48 bits per heavy atom. The van der Waals surface area contributed by atoms with Gasteiger partial charge in [0.15, 0.2) is 0 Å². The fourth-order valence-corrected chi connectivity index (χ4v) is 4.07. The van der Waals surface area contributed by atoms with Gasteiger partial charge in [0, 0.05) is 18.6 Å². The molecular weight excluding hydrogens is 256 g/mol. The van der Waals surface area contributed by atoms with Crippen LogP contribution in [0.4, 0.5) is 0 Å². The minimum absolute atomic E-state index is 0.558. The van der Waals surface area contributed by atoms with Crippen LogP contribution in [-0.4, -0.2) is 30.6 Å². The minimum atomic E-state index is 0.558. The van der Waals surface area contributed by atoms with Crippen molar-refractivity contribution in [3.8, 4) is 0 Å². The van der Waals surface area contributed by atoms with Crippen molar-refractivity contribution in [1.82, 2.24) is 10.2 Å². The summed E-state index contributed by atoms with van der Waals surface area (Å²) in [5, 5.41) is 3.91. The van der Waals surface area contributed by atoms with Gasteiger partial charge in [0.1, 0.15) is 0 Å². The van der Waals surface area contributed by atoms with Crippen molar-refractivity contribution in [3.63, 3.8) is 0 Å². The zero-order valence-corrected chi connectivity index (χ0v) is 13.4. The molecule has 1 aromatic rings. The van der Waals surface area contributed by atoms with E-state index in [2.05, 4.69) is 47.5 Å². The Kier molecular flexibility index (Phi) is 5.32. The molecule has 2 nitrogen and oxygen atoms in total. The highest BCUT2D eigenvalue weighted by Crippen LogP contribution is 2.27. The lowest BCUT2D eigenvalue weighted by Crippen LogP contribution is -2.42. The van der Waals surface area contributed by atoms with E-state index in [0.29, 0.717) is 6.04 Å². The van der Waals surface area contributed by atoms with Crippen LogP contribution >= 0.6 is 0 Å². The molecule has 0 aromatic heterocycles. The largest absolute Gasteiger partial charge is 0.312 e. The molecule has 2 heteroatoms. The predicted molar refractivity (Wildman–Crippen MR) is 89.4 cm³/mol. The molecule has 1 N–H and O–H groups in total. The quantitative estimate of drug-likeness (QED) is 0.880. The van der Waals surface area contributed by atoms with Crippen molar-refractivity contribution >= 4 is 0 Å². The van der Waals surface area contributed by atoms with E-state index in [1.54, 1.807) is 0 Å². The molecule has 0 radical (unpaired) electrons. The van der Waals surface area contributed by atoms with Gasteiger partial charge in [0.2, 0.25) is 0 Å². The lowest BCUT2D eigenvalue weighted by molar-refractivity contribution is 0.209. The van der Waals surface area contributed by atoms with Gasteiger partial charge in [-0.2, -0.15) is 0 Å². The van der Waals surface area contributed by atoms with E-state index < -0.39 is 0 Å². The van der Waals surface area contributed by atoms with Gasteiger partial charge >= 0.3 is 0 Å². The Labute approximate surface area is 129 Å². The zero-order valence-electron chi connectivity index (χ0n) is 13.4. The van der Waals surface area contributed by atoms with Gasteiger partial charge < -0.3 is 5.32 Å². The standard InChI is InChI=1S/C19H30N2/c1-16-9-5-6-12-18(16)20-15-19(21-13-7-8-14-21)17-10-3-2-4-11-17/h2-4,10-11,16,18-20H,5-9,12-15H2,1H3. The molecule has 1 aliphatic carbocycles. The van der Waals surface area contributed by atoms with E-state index in [1.165, 1.54) is 57.2 Å². The first kappa shape index (κ1) is 15.1. The Bertz CT molecular complexity index is 411. The van der Waals surface area contributed by atoms with Crippen molar-refractivity contribution < 1.29 is 0 Å². The molecule has 3 rings (SSSR count). The van der Waals surface area contributed by atoms with Gasteiger partial charge in [-0.05, 0) is 50.3 Å². The van der Waals surface area contributed by atoms with Gasteiger partial charge in [-0.25, -0.2) is 0 Å². The van der Waals surface area contributed by atoms with E-state index in [9.17, 15) is 0 Å². The van der Waals surface area contributed by atoms with E-state index in [4.69, 9.17) is 0 Å². The Balaban J connectivity index is 1.64. The summed E-state index contributed by atoms with van der Waals surface area (Å²) in [6.07, 6.45) is 8.32. The van der Waals surface area contributed by atoms with Crippen LogP contribution in [0.3, 0.4) is 0 Å². The average Bonchev–Trinajstić information content (AvgIpc) is 3.04. The lowest BCUT2D eigenvalue weighted by atomic mass is 9.86. The molecule has 0 bridgehead atoms. The fourth-order valence-electron chi connectivity index (χ4n) is 4.07. The fraction of sp³-hybridized carbons (Fsp3) is 0.684. The molecule has 1 heterocycles. The van der Waals surface area contributed by atoms with Crippen LogP contribution in [0, 0.1) is 5.92 Å². The van der Waals surface area contributed by atoms with Crippen LogP contribution in [-0.2, 0) is 0 Å². The maximum absolute atomic E-state index is 3.91. The minimum Gasteiger partial charge on any atom is -0.312 e. The highest BCUT2D eigenvalue weighted by molar-refractivity contribution is 5.19. The molecular formula is C19H30N2. The van der Waals surface area contributed by atoms with Gasteiger partial charge in [-0.3, -0.25) is 4.90 Å². The first-order chi connectivity index (χ1) is 10.3. The molecule has 1 aromatic carbocycles. The number of rotatable bonds is 5. The first-order valence-electron chi connectivity index (χ1n) is 8.87. The van der Waals surface area contributed by atoms with Gasteiger partial charge in [-0.15, -0.1) is 0 Å². The second-order valence-electron chi connectivity index (χ2n) is 6.95. The predicted octanol–water partition coefficient (Wildman–Crippen LogP) is 3.99. The second kappa shape index (κ2) is 7.42. The molecule has 0 amide bonds. The summed E-state index contributed by atoms with van der Waals surface area (Å²) in [6.45, 7) is 6.06. The van der Waals surface area contributed by atoms with E-state index >= 15 is 0 Å². The molecule has 1 saturated carbocycles. The Hall–Kier alpha value is -0.860. The summed E-state index contributed by atoms with van der Waals surface area (Å²) in [7, 11) is 0. The molecule has 1 saturated heterocycles. The topological polar surface area (TPSA) is 15.3 Å². The molecule has 3 atom stereocenters. The zero-order chi connectivity index (χ0) is 14.5. The van der Waals surface area contributed by atoms with Crippen LogP contribution in [0.1, 0.15) is 57.1 Å². The summed E-state index contributed by atoms with van der Waals surface area (Å²) < 4.78 is 0. The molecule has 21 heavy (non-hydrogen) atoms. The Morgan fingerprint density at radius 1 is 1.05 bits per heavy atom. The SMILES string of the molecule is CC1CCCCC1NCC(c1ccccc1)N1CCCC1. The third-order valence-electron chi connectivity index (χ3n) is 5.45. The van der Waals surface area contributed by atoms with Crippen molar-refractivity contribution in [2.75, 3.05) is 19.6 Å². The van der Waals surface area contributed by atoms with E-state index in [0.717, 1.165) is 18.5 Å². The highest BCUT2D eigenvalue weighted by Gasteiger charge is 2.26. The van der Waals surface area contributed by atoms with Crippen LogP contribution in [0.25, 0.3) is 0 Å². The van der Waals surface area contributed by atoms with Crippen molar-refractivity contribution in [2.24, 2.45) is 5.92 Å². The van der Waals surface area contributed by atoms with Crippen LogP contribution in [0.15, 0.2) is 30.3 Å². The Morgan fingerprint density at radius 2 is 1.76 bits per heavy atom. The van der Waals surface area contributed by atoms with Crippen molar-refractivity contribution in [3.05, 3.63) is 35.9 Å². The van der Waals surface area contributed by atoms with Crippen molar-refractivity contribution in [1.29, 1.82) is 0 Å². The molecule has 2 fully saturated rings. The molecule has 116 valence electrons. The number of benzene rings is 1. The maximum atomic E-state index is 3.91. The normalized spacial score (nSPS) is 28.6. The summed E-state index contributed by atoms with van der Waals surface area (Å²) in [5.41, 5.74) is 1.48. The third-order valence-corrected chi connectivity index (χ3v) is 5.45. The summed E-state index contributed by atoms with van der Waals surface area (Å²) in [6, 6.07) is 12.4. The summed E-state index contributed by atoms with van der Waals surface area (Å²) >= 11 is 0. The van der Waals surface area contributed by atoms with Crippen LogP contribution in [0.2, 0.25) is 0 Å². The van der Waals surface area contributed by atoms with Gasteiger partial charge in [-0.1, -0.05) is 50.1 Å². The maximum Gasteiger partial charge on any atom is 0.0472 e. The molecule has 2 aliphatic rings. The third kappa shape index (κ3) is 3.87. The molecule has 0 spiro atoms. The number of hydrogen-bond donors (Lipinski definition) is 1. The number of likely N-dealkylation sites (tertiary alicyclic amines) is 1. The number of nitrogens with zero attached hydrogens (tertiary/aromatic N) is 1. The van der Waals surface area contributed by atoms with E-state index in [1.807, 2.05) is 0 Å². The monoisotopic (exact) mass is 286 g/mol. The smallest absolute Gasteiger partial charge is 0.0472 e. The first-order valence-corrected chi connectivity index (χ1v) is 8.87. The van der Waals surface area contributed by atoms with Gasteiger partial charge in [0.05, 0.1) is 0 Å². The second-order valence-corrected chi connectivity index (χ2v) is 6.95. The lowest BCUT2D eigenvalue weighted by Gasteiger charge is -2.34. The molecule has 1 aliphatic heterocycles. The number of hydrogen-bond acceptors (Lipinski definition) is 2. The van der Waals surface area contributed by atoms with Crippen LogP contribution in [0.5, 0.6) is 0 Å². The molecule has 3 unspecified atom stereocenters. The highest BCUT2D eigenvalue weighted by atomic mass is 15.2.